The van der Waals surface area contributed by atoms with Gasteiger partial charge in [-0.15, -0.1) is 0 Å². The van der Waals surface area contributed by atoms with Crippen molar-refractivity contribution in [3.05, 3.63) is 52.4 Å². The number of halogens is 2. The van der Waals surface area contributed by atoms with Gasteiger partial charge in [0, 0.05) is 18.7 Å². The van der Waals surface area contributed by atoms with Crippen LogP contribution < -0.4 is 10.1 Å². The molecule has 1 aromatic heterocycles. The minimum absolute atomic E-state index is 0.172. The predicted molar refractivity (Wildman–Crippen MR) is 80.3 cm³/mol. The van der Waals surface area contributed by atoms with Crippen LogP contribution in [0.1, 0.15) is 24.1 Å². The second kappa shape index (κ2) is 6.00. The van der Waals surface area contributed by atoms with Gasteiger partial charge in [0.05, 0.1) is 10.7 Å². The zero-order valence-corrected chi connectivity index (χ0v) is 12.5. The maximum absolute atomic E-state index is 13.9. The van der Waals surface area contributed by atoms with E-state index in [2.05, 4.69) is 10.3 Å². The van der Waals surface area contributed by atoms with Crippen LogP contribution in [-0.2, 0) is 6.54 Å². The average Bonchev–Trinajstić information content (AvgIpc) is 3.28. The summed E-state index contributed by atoms with van der Waals surface area (Å²) in [4.78, 5) is 4.35. The molecule has 0 aliphatic heterocycles. The molecule has 3 rings (SSSR count). The van der Waals surface area contributed by atoms with Crippen LogP contribution in [0.4, 0.5) is 4.39 Å². The first-order valence-corrected chi connectivity index (χ1v) is 7.33. The fraction of sp³-hybridized carbons (Fsp3) is 0.312. The fourth-order valence-electron chi connectivity index (χ4n) is 1.99. The number of rotatable bonds is 5. The second-order valence-electron chi connectivity index (χ2n) is 5.22. The molecule has 1 saturated carbocycles. The number of nitrogens with one attached hydrogen (secondary N) is 1. The van der Waals surface area contributed by atoms with Crippen molar-refractivity contribution < 1.29 is 9.13 Å². The zero-order valence-electron chi connectivity index (χ0n) is 11.7. The maximum Gasteiger partial charge on any atom is 0.219 e. The Morgan fingerprint density at radius 1 is 1.33 bits per heavy atom. The molecule has 5 heteroatoms. The van der Waals surface area contributed by atoms with Crippen LogP contribution in [0.3, 0.4) is 0 Å². The summed E-state index contributed by atoms with van der Waals surface area (Å²) in [6, 6.07) is 8.97. The van der Waals surface area contributed by atoms with Crippen molar-refractivity contribution in [2.45, 2.75) is 32.4 Å². The Kier molecular flexibility index (Phi) is 4.08. The summed E-state index contributed by atoms with van der Waals surface area (Å²) < 4.78 is 19.5. The van der Waals surface area contributed by atoms with Crippen LogP contribution in [0.2, 0.25) is 5.02 Å². The molecule has 3 nitrogen and oxygen atoms in total. The van der Waals surface area contributed by atoms with Gasteiger partial charge in [-0.3, -0.25) is 0 Å². The molecule has 1 N–H and O–H groups in total. The third-order valence-electron chi connectivity index (χ3n) is 3.40. The number of nitrogens with zero attached hydrogens (tertiary/aromatic N) is 1. The van der Waals surface area contributed by atoms with Gasteiger partial charge in [-0.05, 0) is 37.5 Å². The molecule has 1 fully saturated rings. The minimum Gasteiger partial charge on any atom is -0.436 e. The van der Waals surface area contributed by atoms with Crippen molar-refractivity contribution in [1.29, 1.82) is 0 Å². The fourth-order valence-corrected chi connectivity index (χ4v) is 2.16. The van der Waals surface area contributed by atoms with E-state index in [0.29, 0.717) is 34.7 Å². The zero-order chi connectivity index (χ0) is 14.8. The Balaban J connectivity index is 1.78. The molecule has 110 valence electrons. The van der Waals surface area contributed by atoms with Crippen LogP contribution in [0.5, 0.6) is 11.6 Å². The lowest BCUT2D eigenvalue weighted by Crippen LogP contribution is -2.16. The third kappa shape index (κ3) is 3.52. The van der Waals surface area contributed by atoms with Crippen LogP contribution in [-0.4, -0.2) is 11.0 Å². The molecule has 0 radical (unpaired) electrons. The highest BCUT2D eigenvalue weighted by Gasteiger charge is 2.21. The van der Waals surface area contributed by atoms with E-state index in [1.165, 1.54) is 12.8 Å². The molecule has 0 saturated heterocycles. The number of hydrogen-bond donors (Lipinski definition) is 1. The van der Waals surface area contributed by atoms with Crippen molar-refractivity contribution >= 4 is 11.6 Å². The largest absolute Gasteiger partial charge is 0.436 e. The van der Waals surface area contributed by atoms with E-state index in [-0.39, 0.29) is 11.6 Å². The summed E-state index contributed by atoms with van der Waals surface area (Å²) in [5.74, 6) is 0.148. The van der Waals surface area contributed by atoms with Gasteiger partial charge in [0.15, 0.2) is 11.6 Å². The topological polar surface area (TPSA) is 34.1 Å². The van der Waals surface area contributed by atoms with Crippen molar-refractivity contribution in [1.82, 2.24) is 10.3 Å². The van der Waals surface area contributed by atoms with Crippen molar-refractivity contribution in [3.8, 4) is 11.6 Å². The van der Waals surface area contributed by atoms with Crippen LogP contribution in [0.25, 0.3) is 0 Å². The summed E-state index contributed by atoms with van der Waals surface area (Å²) in [7, 11) is 0. The molecule has 1 aliphatic carbocycles. The summed E-state index contributed by atoms with van der Waals surface area (Å²) in [5, 5.41) is 3.93. The van der Waals surface area contributed by atoms with Crippen molar-refractivity contribution in [3.63, 3.8) is 0 Å². The molecule has 0 amide bonds. The summed E-state index contributed by atoms with van der Waals surface area (Å²) >= 11 is 6.13. The van der Waals surface area contributed by atoms with Crippen molar-refractivity contribution in [2.75, 3.05) is 0 Å². The Morgan fingerprint density at radius 2 is 2.14 bits per heavy atom. The van der Waals surface area contributed by atoms with Gasteiger partial charge in [-0.1, -0.05) is 23.7 Å². The van der Waals surface area contributed by atoms with Gasteiger partial charge in [-0.25, -0.2) is 9.37 Å². The van der Waals surface area contributed by atoms with Gasteiger partial charge in [-0.2, -0.15) is 0 Å². The van der Waals surface area contributed by atoms with Gasteiger partial charge in [0.1, 0.15) is 0 Å². The number of aryl methyl sites for hydroxylation is 1. The molecule has 1 aromatic carbocycles. The number of aromatic nitrogens is 1. The molecule has 1 aliphatic rings. The molecular weight excluding hydrogens is 291 g/mol. The molecule has 21 heavy (non-hydrogen) atoms. The second-order valence-corrected chi connectivity index (χ2v) is 5.63. The van der Waals surface area contributed by atoms with E-state index in [0.717, 1.165) is 0 Å². The lowest BCUT2D eigenvalue weighted by Gasteiger charge is -2.10. The SMILES string of the molecule is Cc1cccc(Oc2ccc(Cl)c(CNC3CC3)n2)c1F. The smallest absolute Gasteiger partial charge is 0.219 e. The highest BCUT2D eigenvalue weighted by atomic mass is 35.5. The number of hydrogen-bond acceptors (Lipinski definition) is 3. The number of benzene rings is 1. The van der Waals surface area contributed by atoms with E-state index in [1.807, 2.05) is 0 Å². The normalized spacial score (nSPS) is 14.2. The first-order chi connectivity index (χ1) is 10.1. The molecule has 0 unspecified atom stereocenters. The van der Waals surface area contributed by atoms with E-state index in [1.54, 1.807) is 37.3 Å². The summed E-state index contributed by atoms with van der Waals surface area (Å²) in [6.45, 7) is 2.29. The monoisotopic (exact) mass is 306 g/mol. The Labute approximate surface area is 128 Å². The Bertz CT molecular complexity index is 659. The van der Waals surface area contributed by atoms with E-state index in [4.69, 9.17) is 16.3 Å². The number of ether oxygens (including phenoxy) is 1. The first kappa shape index (κ1) is 14.3. The van der Waals surface area contributed by atoms with Crippen LogP contribution in [0, 0.1) is 12.7 Å². The highest BCUT2D eigenvalue weighted by Crippen LogP contribution is 2.27. The molecular formula is C16H16ClFN2O. The molecule has 1 heterocycles. The number of pyridine rings is 1. The van der Waals surface area contributed by atoms with Gasteiger partial charge < -0.3 is 10.1 Å². The standard InChI is InChI=1S/C16H16ClFN2O/c1-10-3-2-4-14(16(10)18)21-15-8-7-12(17)13(20-15)9-19-11-5-6-11/h2-4,7-8,11,19H,5-6,9H2,1H3. The van der Waals surface area contributed by atoms with E-state index >= 15 is 0 Å². The molecule has 0 atom stereocenters. The Morgan fingerprint density at radius 3 is 2.90 bits per heavy atom. The summed E-state index contributed by atoms with van der Waals surface area (Å²) in [5.41, 5.74) is 1.26. The quantitative estimate of drug-likeness (QED) is 0.897. The van der Waals surface area contributed by atoms with Crippen LogP contribution in [0.15, 0.2) is 30.3 Å². The van der Waals surface area contributed by atoms with Crippen molar-refractivity contribution in [2.24, 2.45) is 0 Å². The first-order valence-electron chi connectivity index (χ1n) is 6.95. The summed E-state index contributed by atoms with van der Waals surface area (Å²) in [6.07, 6.45) is 2.39. The van der Waals surface area contributed by atoms with Crippen LogP contribution >= 0.6 is 11.6 Å². The minimum atomic E-state index is -0.369. The third-order valence-corrected chi connectivity index (χ3v) is 3.74. The Hall–Kier alpha value is -1.65. The van der Waals surface area contributed by atoms with Gasteiger partial charge in [0.2, 0.25) is 5.88 Å². The van der Waals surface area contributed by atoms with E-state index in [9.17, 15) is 4.39 Å². The lowest BCUT2D eigenvalue weighted by atomic mass is 10.2. The molecule has 0 spiro atoms. The lowest BCUT2D eigenvalue weighted by molar-refractivity contribution is 0.423. The predicted octanol–water partition coefficient (Wildman–Crippen LogP) is 4.23. The van der Waals surface area contributed by atoms with Gasteiger partial charge >= 0.3 is 0 Å². The molecule has 0 bridgehead atoms. The molecule has 2 aromatic rings. The maximum atomic E-state index is 13.9. The average molecular weight is 307 g/mol. The highest BCUT2D eigenvalue weighted by molar-refractivity contribution is 6.31. The van der Waals surface area contributed by atoms with E-state index < -0.39 is 0 Å². The van der Waals surface area contributed by atoms with Gasteiger partial charge in [0.25, 0.3) is 0 Å².